The lowest BCUT2D eigenvalue weighted by Gasteiger charge is -2.21. The molecule has 0 fully saturated rings. The summed E-state index contributed by atoms with van der Waals surface area (Å²) in [5.74, 6) is 0.823. The minimum atomic E-state index is -0.406. The smallest absolute Gasteiger partial charge is 0.269 e. The molecule has 2 rings (SSSR count). The molecular weight excluding hydrogens is 479 g/mol. The van der Waals surface area contributed by atoms with E-state index >= 15 is 0 Å². The van der Waals surface area contributed by atoms with Crippen molar-refractivity contribution in [2.75, 3.05) is 32.0 Å². The number of rotatable bonds is 8. The normalized spacial score (nSPS) is 10.9. The van der Waals surface area contributed by atoms with Crippen molar-refractivity contribution < 1.29 is 4.92 Å². The number of nitro groups is 1. The van der Waals surface area contributed by atoms with Gasteiger partial charge in [0.15, 0.2) is 5.96 Å². The Hall–Kier alpha value is -1.95. The Morgan fingerprint density at radius 2 is 2.07 bits per heavy atom. The van der Waals surface area contributed by atoms with E-state index in [2.05, 4.69) is 26.0 Å². The topological polar surface area (TPSA) is 95.7 Å². The second-order valence-electron chi connectivity index (χ2n) is 5.68. The first kappa shape index (κ1) is 23.1. The van der Waals surface area contributed by atoms with Crippen LogP contribution in [0.2, 0.25) is 0 Å². The van der Waals surface area contributed by atoms with Crippen LogP contribution in [0.4, 0.5) is 11.4 Å². The maximum atomic E-state index is 10.7. The van der Waals surface area contributed by atoms with Gasteiger partial charge in [-0.1, -0.05) is 0 Å². The molecule has 0 bridgehead atoms. The van der Waals surface area contributed by atoms with Gasteiger partial charge in [-0.3, -0.25) is 15.1 Å². The van der Waals surface area contributed by atoms with Crippen LogP contribution in [0.1, 0.15) is 17.6 Å². The number of aliphatic imine (C=N–C) groups is 1. The van der Waals surface area contributed by atoms with E-state index < -0.39 is 4.92 Å². The Labute approximate surface area is 180 Å². The van der Waals surface area contributed by atoms with Crippen LogP contribution in [0.25, 0.3) is 0 Å². The predicted molar refractivity (Wildman–Crippen MR) is 121 cm³/mol. The molecule has 0 amide bonds. The maximum Gasteiger partial charge on any atom is 0.269 e. The molecule has 148 valence electrons. The van der Waals surface area contributed by atoms with E-state index in [0.717, 1.165) is 28.9 Å². The first-order valence-electron chi connectivity index (χ1n) is 8.38. The number of hydrogen-bond acceptors (Lipinski definition) is 6. The zero-order valence-electron chi connectivity index (χ0n) is 15.6. The highest BCUT2D eigenvalue weighted by Crippen LogP contribution is 2.15. The Kier molecular flexibility index (Phi) is 10.0. The van der Waals surface area contributed by atoms with Gasteiger partial charge in [0.05, 0.1) is 28.7 Å². The molecule has 2 aromatic rings. The fraction of sp³-hybridized carbons (Fsp3) is 0.412. The largest absolute Gasteiger partial charge is 0.383 e. The molecule has 1 aromatic heterocycles. The summed E-state index contributed by atoms with van der Waals surface area (Å²) >= 11 is 1.64. The Bertz CT molecular complexity index is 750. The van der Waals surface area contributed by atoms with Crippen LogP contribution in [-0.2, 0) is 6.54 Å². The molecule has 0 unspecified atom stereocenters. The number of nitro benzene ring substituents is 1. The number of nitrogens with zero attached hydrogens (tertiary/aromatic N) is 4. The SMILES string of the molecule is CCNC(=NCCNc1ccc([N+](=O)[O-])cc1)N(C)Cc1csc(C)n1.I. The molecule has 1 heterocycles. The Morgan fingerprint density at radius 3 is 2.63 bits per heavy atom. The minimum absolute atomic E-state index is 0. The molecule has 10 heteroatoms. The molecule has 0 aliphatic rings. The van der Waals surface area contributed by atoms with E-state index in [-0.39, 0.29) is 29.7 Å². The summed E-state index contributed by atoms with van der Waals surface area (Å²) in [6.45, 7) is 6.74. The van der Waals surface area contributed by atoms with Crippen LogP contribution >= 0.6 is 35.3 Å². The molecule has 0 saturated heterocycles. The lowest BCUT2D eigenvalue weighted by Crippen LogP contribution is -2.38. The molecule has 0 spiro atoms. The van der Waals surface area contributed by atoms with Gasteiger partial charge in [-0.15, -0.1) is 35.3 Å². The molecule has 2 N–H and O–H groups in total. The average molecular weight is 504 g/mol. The van der Waals surface area contributed by atoms with Gasteiger partial charge < -0.3 is 15.5 Å². The monoisotopic (exact) mass is 504 g/mol. The number of guanidine groups is 1. The van der Waals surface area contributed by atoms with Crippen LogP contribution in [0.5, 0.6) is 0 Å². The highest BCUT2D eigenvalue weighted by atomic mass is 127. The Morgan fingerprint density at radius 1 is 1.37 bits per heavy atom. The van der Waals surface area contributed by atoms with Crippen LogP contribution in [0.15, 0.2) is 34.6 Å². The summed E-state index contributed by atoms with van der Waals surface area (Å²) in [6, 6.07) is 6.37. The number of halogens is 1. The summed E-state index contributed by atoms with van der Waals surface area (Å²) in [7, 11) is 1.99. The van der Waals surface area contributed by atoms with Crippen molar-refractivity contribution in [3.63, 3.8) is 0 Å². The highest BCUT2D eigenvalue weighted by molar-refractivity contribution is 14.0. The number of anilines is 1. The number of benzene rings is 1. The highest BCUT2D eigenvalue weighted by Gasteiger charge is 2.08. The van der Waals surface area contributed by atoms with Crippen molar-refractivity contribution in [3.05, 3.63) is 50.5 Å². The lowest BCUT2D eigenvalue weighted by molar-refractivity contribution is -0.384. The van der Waals surface area contributed by atoms with Gasteiger partial charge >= 0.3 is 0 Å². The summed E-state index contributed by atoms with van der Waals surface area (Å²) in [4.78, 5) is 21.4. The standard InChI is InChI=1S/C17H24N6O2S.HI/c1-4-18-17(22(3)11-15-12-26-13(2)21-15)20-10-9-19-14-5-7-16(8-6-14)23(24)25;/h5-8,12,19H,4,9-11H2,1-3H3,(H,18,20);1H. The number of aryl methyl sites for hydroxylation is 1. The van der Waals surface area contributed by atoms with E-state index in [9.17, 15) is 10.1 Å². The van der Waals surface area contributed by atoms with Gasteiger partial charge in [-0.25, -0.2) is 4.98 Å². The van der Waals surface area contributed by atoms with Crippen molar-refractivity contribution in [1.29, 1.82) is 0 Å². The second kappa shape index (κ2) is 11.7. The third-order valence-corrected chi connectivity index (χ3v) is 4.37. The summed E-state index contributed by atoms with van der Waals surface area (Å²) < 4.78 is 0. The van der Waals surface area contributed by atoms with Crippen LogP contribution in [0.3, 0.4) is 0 Å². The quantitative estimate of drug-likeness (QED) is 0.143. The second-order valence-corrected chi connectivity index (χ2v) is 6.74. The molecule has 1 aromatic carbocycles. The fourth-order valence-corrected chi connectivity index (χ4v) is 2.94. The van der Waals surface area contributed by atoms with Gasteiger partial charge in [-0.05, 0) is 26.0 Å². The van der Waals surface area contributed by atoms with Crippen molar-refractivity contribution in [2.24, 2.45) is 4.99 Å². The average Bonchev–Trinajstić information content (AvgIpc) is 3.02. The first-order chi connectivity index (χ1) is 12.5. The Balaban J connectivity index is 0.00000364. The number of nitrogens with one attached hydrogen (secondary N) is 2. The molecule has 0 radical (unpaired) electrons. The van der Waals surface area contributed by atoms with Crippen molar-refractivity contribution >= 4 is 52.6 Å². The number of thiazole rings is 1. The molecule has 27 heavy (non-hydrogen) atoms. The third-order valence-electron chi connectivity index (χ3n) is 3.54. The molecule has 0 atom stereocenters. The summed E-state index contributed by atoms with van der Waals surface area (Å²) in [6.07, 6.45) is 0. The van der Waals surface area contributed by atoms with Gasteiger partial charge in [0, 0.05) is 43.3 Å². The molecule has 0 aliphatic heterocycles. The van der Waals surface area contributed by atoms with E-state index in [1.165, 1.54) is 12.1 Å². The van der Waals surface area contributed by atoms with E-state index in [0.29, 0.717) is 19.6 Å². The lowest BCUT2D eigenvalue weighted by atomic mass is 10.3. The van der Waals surface area contributed by atoms with Gasteiger partial charge in [0.1, 0.15) is 0 Å². The number of aromatic nitrogens is 1. The number of hydrogen-bond donors (Lipinski definition) is 2. The predicted octanol–water partition coefficient (Wildman–Crippen LogP) is 3.49. The molecule has 0 aliphatic carbocycles. The van der Waals surface area contributed by atoms with Crippen LogP contribution < -0.4 is 10.6 Å². The summed E-state index contributed by atoms with van der Waals surface area (Å²) in [5.41, 5.74) is 1.95. The molecular formula is C17H25IN6O2S. The van der Waals surface area contributed by atoms with Gasteiger partial charge in [-0.2, -0.15) is 0 Å². The third kappa shape index (κ3) is 7.67. The molecule has 0 saturated carbocycles. The fourth-order valence-electron chi connectivity index (χ4n) is 2.33. The van der Waals surface area contributed by atoms with Crippen LogP contribution in [-0.4, -0.2) is 47.4 Å². The van der Waals surface area contributed by atoms with Gasteiger partial charge in [0.2, 0.25) is 0 Å². The van der Waals surface area contributed by atoms with E-state index in [1.54, 1.807) is 23.5 Å². The van der Waals surface area contributed by atoms with Crippen LogP contribution in [0, 0.1) is 17.0 Å². The van der Waals surface area contributed by atoms with Crippen molar-refractivity contribution in [1.82, 2.24) is 15.2 Å². The zero-order valence-corrected chi connectivity index (χ0v) is 18.8. The van der Waals surface area contributed by atoms with E-state index in [1.807, 2.05) is 25.8 Å². The zero-order chi connectivity index (χ0) is 18.9. The van der Waals surface area contributed by atoms with Gasteiger partial charge in [0.25, 0.3) is 5.69 Å². The molecule has 8 nitrogen and oxygen atoms in total. The van der Waals surface area contributed by atoms with Crippen molar-refractivity contribution in [3.8, 4) is 0 Å². The van der Waals surface area contributed by atoms with Crippen molar-refractivity contribution in [2.45, 2.75) is 20.4 Å². The summed E-state index contributed by atoms with van der Waals surface area (Å²) in [5, 5.41) is 20.3. The maximum absolute atomic E-state index is 10.7. The van der Waals surface area contributed by atoms with E-state index in [4.69, 9.17) is 0 Å². The number of non-ortho nitro benzene ring substituents is 1. The minimum Gasteiger partial charge on any atom is -0.383 e. The first-order valence-corrected chi connectivity index (χ1v) is 9.26.